The number of benzene rings is 1. The van der Waals surface area contributed by atoms with Crippen LogP contribution in [-0.4, -0.2) is 33.2 Å². The molecule has 0 aromatic heterocycles. The molecule has 1 amide bonds. The fourth-order valence-corrected chi connectivity index (χ4v) is 1.90. The molecule has 100 valence electrons. The molecule has 4 nitrogen and oxygen atoms in total. The lowest BCUT2D eigenvalue weighted by Gasteiger charge is -2.11. The van der Waals surface area contributed by atoms with E-state index in [-0.39, 0.29) is 5.91 Å². The van der Waals surface area contributed by atoms with Gasteiger partial charge in [0.15, 0.2) is 0 Å². The third-order valence-electron chi connectivity index (χ3n) is 2.91. The summed E-state index contributed by atoms with van der Waals surface area (Å²) in [5.74, 6) is 0.941. The van der Waals surface area contributed by atoms with Crippen molar-refractivity contribution < 1.29 is 9.53 Å². The van der Waals surface area contributed by atoms with Gasteiger partial charge < -0.3 is 15.4 Å². The zero-order valence-corrected chi connectivity index (χ0v) is 11.6. The summed E-state index contributed by atoms with van der Waals surface area (Å²) in [5, 5.41) is 5.70. The summed E-state index contributed by atoms with van der Waals surface area (Å²) in [6, 6.07) is 4.17. The van der Waals surface area contributed by atoms with Crippen molar-refractivity contribution >= 4 is 5.91 Å². The lowest BCUT2D eigenvalue weighted by atomic mass is 10.0. The van der Waals surface area contributed by atoms with E-state index in [2.05, 4.69) is 23.6 Å². The van der Waals surface area contributed by atoms with Crippen LogP contribution >= 0.6 is 0 Å². The minimum absolute atomic E-state index is 0.0281. The third-order valence-corrected chi connectivity index (χ3v) is 2.91. The topological polar surface area (TPSA) is 50.4 Å². The van der Waals surface area contributed by atoms with Crippen LogP contribution in [0.15, 0.2) is 12.1 Å². The zero-order valence-electron chi connectivity index (χ0n) is 11.6. The quantitative estimate of drug-likeness (QED) is 0.797. The van der Waals surface area contributed by atoms with E-state index in [4.69, 9.17) is 4.74 Å². The van der Waals surface area contributed by atoms with Crippen molar-refractivity contribution in [3.8, 4) is 5.75 Å². The average Bonchev–Trinajstić information content (AvgIpc) is 2.33. The Labute approximate surface area is 109 Å². The molecule has 2 N–H and O–H groups in total. The first-order valence-corrected chi connectivity index (χ1v) is 6.14. The Kier molecular flexibility index (Phi) is 5.65. The Hall–Kier alpha value is -1.55. The number of aryl methyl sites for hydroxylation is 2. The Morgan fingerprint density at radius 2 is 2.00 bits per heavy atom. The number of amides is 1. The number of nitrogens with one attached hydrogen (secondary N) is 2. The Bertz CT molecular complexity index is 417. The maximum Gasteiger partial charge on any atom is 0.233 e. The van der Waals surface area contributed by atoms with E-state index in [1.165, 1.54) is 11.1 Å². The Morgan fingerprint density at radius 1 is 1.28 bits per heavy atom. The second-order valence-electron chi connectivity index (χ2n) is 4.38. The van der Waals surface area contributed by atoms with Gasteiger partial charge in [-0.3, -0.25) is 4.79 Å². The number of carbonyl (C=O) groups is 1. The van der Waals surface area contributed by atoms with E-state index in [1.807, 2.05) is 13.0 Å². The van der Waals surface area contributed by atoms with Gasteiger partial charge >= 0.3 is 0 Å². The molecule has 4 heteroatoms. The van der Waals surface area contributed by atoms with Crippen molar-refractivity contribution in [2.45, 2.75) is 20.3 Å². The second kappa shape index (κ2) is 7.01. The number of likely N-dealkylation sites (N-methyl/N-ethyl adjacent to an activating group) is 1. The predicted octanol–water partition coefficient (Wildman–Crippen LogP) is 1.19. The maximum atomic E-state index is 11.3. The minimum atomic E-state index is 0.0281. The van der Waals surface area contributed by atoms with Crippen LogP contribution in [0.5, 0.6) is 5.75 Å². The van der Waals surface area contributed by atoms with Crippen LogP contribution in [0, 0.1) is 13.8 Å². The molecule has 0 heterocycles. The molecule has 0 radical (unpaired) electrons. The third kappa shape index (κ3) is 4.04. The summed E-state index contributed by atoms with van der Waals surface area (Å²) in [6.07, 6.45) is 0.839. The van der Waals surface area contributed by atoms with E-state index in [0.717, 1.165) is 17.7 Å². The van der Waals surface area contributed by atoms with E-state index in [0.29, 0.717) is 13.1 Å². The monoisotopic (exact) mass is 250 g/mol. The highest BCUT2D eigenvalue weighted by Crippen LogP contribution is 2.22. The van der Waals surface area contributed by atoms with Gasteiger partial charge in [0.05, 0.1) is 13.7 Å². The van der Waals surface area contributed by atoms with Gasteiger partial charge in [-0.05, 0) is 50.1 Å². The van der Waals surface area contributed by atoms with Gasteiger partial charge in [0.1, 0.15) is 5.75 Å². The molecule has 0 saturated heterocycles. The Morgan fingerprint density at radius 3 is 2.61 bits per heavy atom. The van der Waals surface area contributed by atoms with Gasteiger partial charge in [0.25, 0.3) is 0 Å². The number of hydrogen-bond acceptors (Lipinski definition) is 3. The fraction of sp³-hybridized carbons (Fsp3) is 0.500. The zero-order chi connectivity index (χ0) is 13.5. The van der Waals surface area contributed by atoms with Gasteiger partial charge in [0, 0.05) is 6.54 Å². The largest absolute Gasteiger partial charge is 0.496 e. The van der Waals surface area contributed by atoms with E-state index >= 15 is 0 Å². The first kappa shape index (κ1) is 14.5. The summed E-state index contributed by atoms with van der Waals surface area (Å²) in [5.41, 5.74) is 3.57. The number of carbonyl (C=O) groups excluding carboxylic acids is 1. The molecular weight excluding hydrogens is 228 g/mol. The molecule has 0 bridgehead atoms. The molecule has 0 spiro atoms. The molecule has 1 aromatic rings. The first-order valence-electron chi connectivity index (χ1n) is 6.14. The highest BCUT2D eigenvalue weighted by Gasteiger charge is 2.05. The van der Waals surface area contributed by atoms with Gasteiger partial charge in [-0.25, -0.2) is 0 Å². The number of hydrogen-bond donors (Lipinski definition) is 2. The molecule has 0 unspecified atom stereocenters. The van der Waals surface area contributed by atoms with Crippen molar-refractivity contribution in [3.63, 3.8) is 0 Å². The number of methoxy groups -OCH3 is 1. The summed E-state index contributed by atoms with van der Waals surface area (Å²) >= 11 is 0. The van der Waals surface area contributed by atoms with Gasteiger partial charge in [-0.15, -0.1) is 0 Å². The summed E-state index contributed by atoms with van der Waals surface area (Å²) in [6.45, 7) is 5.11. The van der Waals surface area contributed by atoms with Gasteiger partial charge in [0.2, 0.25) is 5.91 Å². The lowest BCUT2D eigenvalue weighted by molar-refractivity contribution is -0.120. The molecule has 1 aromatic carbocycles. The molecule has 1 rings (SSSR count). The summed E-state index contributed by atoms with van der Waals surface area (Å²) in [7, 11) is 3.44. The SMILES string of the molecule is CNCC(=O)NCCc1cc(C)c(OC)cc1C. The molecule has 18 heavy (non-hydrogen) atoms. The maximum absolute atomic E-state index is 11.3. The van der Waals surface area contributed by atoms with Crippen molar-refractivity contribution in [2.24, 2.45) is 0 Å². The van der Waals surface area contributed by atoms with Crippen LogP contribution in [-0.2, 0) is 11.2 Å². The Balaban J connectivity index is 2.57. The molecule has 0 atom stereocenters. The van der Waals surface area contributed by atoms with E-state index < -0.39 is 0 Å². The standard InChI is InChI=1S/C14H22N2O2/c1-10-8-13(18-4)11(2)7-12(10)5-6-16-14(17)9-15-3/h7-8,15H,5-6,9H2,1-4H3,(H,16,17). The van der Waals surface area contributed by atoms with Crippen molar-refractivity contribution in [2.75, 3.05) is 27.2 Å². The molecule has 0 fully saturated rings. The highest BCUT2D eigenvalue weighted by molar-refractivity contribution is 5.77. The van der Waals surface area contributed by atoms with Crippen LogP contribution in [0.4, 0.5) is 0 Å². The van der Waals surface area contributed by atoms with E-state index in [9.17, 15) is 4.79 Å². The minimum Gasteiger partial charge on any atom is -0.496 e. The van der Waals surface area contributed by atoms with Gasteiger partial charge in [-0.2, -0.15) is 0 Å². The lowest BCUT2D eigenvalue weighted by Crippen LogP contribution is -2.33. The van der Waals surface area contributed by atoms with Crippen LogP contribution in [0.25, 0.3) is 0 Å². The average molecular weight is 250 g/mol. The van der Waals surface area contributed by atoms with Crippen LogP contribution < -0.4 is 15.4 Å². The normalized spacial score (nSPS) is 10.2. The van der Waals surface area contributed by atoms with E-state index in [1.54, 1.807) is 14.2 Å². The van der Waals surface area contributed by atoms with Crippen molar-refractivity contribution in [3.05, 3.63) is 28.8 Å². The number of rotatable bonds is 6. The summed E-state index contributed by atoms with van der Waals surface area (Å²) < 4.78 is 5.28. The summed E-state index contributed by atoms with van der Waals surface area (Å²) in [4.78, 5) is 11.3. The second-order valence-corrected chi connectivity index (χ2v) is 4.38. The fourth-order valence-electron chi connectivity index (χ4n) is 1.90. The van der Waals surface area contributed by atoms with Crippen LogP contribution in [0.2, 0.25) is 0 Å². The molecule has 0 aliphatic carbocycles. The molecule has 0 aliphatic rings. The number of ether oxygens (including phenoxy) is 1. The van der Waals surface area contributed by atoms with Crippen LogP contribution in [0.1, 0.15) is 16.7 Å². The van der Waals surface area contributed by atoms with Gasteiger partial charge in [-0.1, -0.05) is 6.07 Å². The van der Waals surface area contributed by atoms with Crippen molar-refractivity contribution in [1.29, 1.82) is 0 Å². The van der Waals surface area contributed by atoms with Crippen molar-refractivity contribution in [1.82, 2.24) is 10.6 Å². The smallest absolute Gasteiger partial charge is 0.233 e. The first-order chi connectivity index (χ1) is 8.58. The molecule has 0 aliphatic heterocycles. The molecule has 0 saturated carbocycles. The predicted molar refractivity (Wildman–Crippen MR) is 73.1 cm³/mol. The highest BCUT2D eigenvalue weighted by atomic mass is 16.5. The molecular formula is C14H22N2O2. The van der Waals surface area contributed by atoms with Crippen LogP contribution in [0.3, 0.4) is 0 Å².